The van der Waals surface area contributed by atoms with Crippen molar-refractivity contribution >= 4 is 11.9 Å². The Bertz CT molecular complexity index is 511. The lowest BCUT2D eigenvalue weighted by Gasteiger charge is -2.17. The maximum absolute atomic E-state index is 12.0. The van der Waals surface area contributed by atoms with Gasteiger partial charge >= 0.3 is 11.9 Å². The molecular formula is C15H20O6. The van der Waals surface area contributed by atoms with E-state index < -0.39 is 17.9 Å². The van der Waals surface area contributed by atoms with Gasteiger partial charge in [0.1, 0.15) is 0 Å². The Morgan fingerprint density at radius 3 is 2.29 bits per heavy atom. The van der Waals surface area contributed by atoms with E-state index in [2.05, 4.69) is 0 Å². The van der Waals surface area contributed by atoms with Gasteiger partial charge in [-0.2, -0.15) is 0 Å². The fourth-order valence-electron chi connectivity index (χ4n) is 1.76. The summed E-state index contributed by atoms with van der Waals surface area (Å²) in [6.07, 6.45) is 0.281. The molecule has 2 atom stereocenters. The van der Waals surface area contributed by atoms with E-state index in [-0.39, 0.29) is 11.7 Å². The number of carbonyl (C=O) groups excluding carboxylic acids is 1. The quantitative estimate of drug-likeness (QED) is 0.613. The molecule has 0 aliphatic heterocycles. The summed E-state index contributed by atoms with van der Waals surface area (Å²) in [5.74, 6) is -2.63. The van der Waals surface area contributed by atoms with Crippen LogP contribution in [0, 0.1) is 0 Å². The Labute approximate surface area is 123 Å². The molecule has 0 bridgehead atoms. The van der Waals surface area contributed by atoms with Crippen LogP contribution in [0.1, 0.15) is 31.7 Å². The normalized spacial score (nSPS) is 13.1. The molecule has 6 heteroatoms. The molecule has 1 N–H and O–H groups in total. The van der Waals surface area contributed by atoms with Crippen molar-refractivity contribution in [1.29, 1.82) is 0 Å². The van der Waals surface area contributed by atoms with Crippen LogP contribution < -0.4 is 9.47 Å². The van der Waals surface area contributed by atoms with Crippen molar-refractivity contribution in [3.63, 3.8) is 0 Å². The summed E-state index contributed by atoms with van der Waals surface area (Å²) in [5.41, 5.74) is 0.286. The fourth-order valence-corrected chi connectivity index (χ4v) is 1.76. The monoisotopic (exact) mass is 296 g/mol. The Morgan fingerprint density at radius 2 is 1.81 bits per heavy atom. The van der Waals surface area contributed by atoms with Crippen molar-refractivity contribution in [3.8, 4) is 11.5 Å². The average molecular weight is 296 g/mol. The van der Waals surface area contributed by atoms with Crippen LogP contribution in [-0.2, 0) is 14.3 Å². The molecule has 6 nitrogen and oxygen atoms in total. The number of carboxylic acids is 1. The highest BCUT2D eigenvalue weighted by Crippen LogP contribution is 2.31. The summed E-state index contributed by atoms with van der Waals surface area (Å²) >= 11 is 0. The van der Waals surface area contributed by atoms with Crippen LogP contribution in [0.5, 0.6) is 11.5 Å². The molecule has 0 saturated heterocycles. The summed E-state index contributed by atoms with van der Waals surface area (Å²) in [5, 5.41) is 9.30. The Balaban J connectivity index is 3.11. The molecule has 1 aromatic carbocycles. The van der Waals surface area contributed by atoms with Crippen LogP contribution in [-0.4, -0.2) is 37.4 Å². The maximum Gasteiger partial charge on any atom is 0.325 e. The van der Waals surface area contributed by atoms with Crippen LogP contribution >= 0.6 is 0 Å². The SMILES string of the molecule is CCC(C)OC(=O)C(C(=O)O)c1ccc(OC)c(OC)c1. The highest BCUT2D eigenvalue weighted by molar-refractivity contribution is 6.00. The van der Waals surface area contributed by atoms with Gasteiger partial charge in [0.05, 0.1) is 20.3 Å². The lowest BCUT2D eigenvalue weighted by atomic mass is 9.99. The summed E-state index contributed by atoms with van der Waals surface area (Å²) in [6, 6.07) is 4.54. The fraction of sp³-hybridized carbons (Fsp3) is 0.467. The van der Waals surface area contributed by atoms with Crippen molar-refractivity contribution in [1.82, 2.24) is 0 Å². The highest BCUT2D eigenvalue weighted by atomic mass is 16.5. The first-order valence-corrected chi connectivity index (χ1v) is 6.59. The van der Waals surface area contributed by atoms with Crippen LogP contribution in [0.15, 0.2) is 18.2 Å². The second-order valence-corrected chi connectivity index (χ2v) is 4.54. The number of carboxylic acid groups (broad SMARTS) is 1. The first-order chi connectivity index (χ1) is 9.94. The molecule has 21 heavy (non-hydrogen) atoms. The Morgan fingerprint density at radius 1 is 1.19 bits per heavy atom. The van der Waals surface area contributed by atoms with Gasteiger partial charge in [-0.05, 0) is 31.0 Å². The lowest BCUT2D eigenvalue weighted by molar-refractivity contribution is -0.157. The number of aliphatic carboxylic acids is 1. The van der Waals surface area contributed by atoms with Gasteiger partial charge in [-0.3, -0.25) is 9.59 Å². The molecular weight excluding hydrogens is 276 g/mol. The van der Waals surface area contributed by atoms with Gasteiger partial charge in [0.15, 0.2) is 17.4 Å². The van der Waals surface area contributed by atoms with Crippen molar-refractivity contribution in [2.24, 2.45) is 0 Å². The molecule has 0 aromatic heterocycles. The molecule has 0 amide bonds. The number of ether oxygens (including phenoxy) is 3. The summed E-state index contributed by atoms with van der Waals surface area (Å²) < 4.78 is 15.3. The smallest absolute Gasteiger partial charge is 0.325 e. The first-order valence-electron chi connectivity index (χ1n) is 6.59. The molecule has 0 aliphatic rings. The largest absolute Gasteiger partial charge is 0.493 e. The zero-order valence-corrected chi connectivity index (χ0v) is 12.6. The van der Waals surface area contributed by atoms with Gasteiger partial charge in [-0.1, -0.05) is 13.0 Å². The third kappa shape index (κ3) is 4.11. The highest BCUT2D eigenvalue weighted by Gasteiger charge is 2.31. The predicted octanol–water partition coefficient (Wildman–Crippen LogP) is 2.21. The molecule has 0 saturated carbocycles. The van der Waals surface area contributed by atoms with Gasteiger partial charge in [0.25, 0.3) is 0 Å². The Kier molecular flexibility index (Phi) is 6.02. The van der Waals surface area contributed by atoms with Crippen LogP contribution in [0.4, 0.5) is 0 Å². The molecule has 1 rings (SSSR count). The van der Waals surface area contributed by atoms with Crippen molar-refractivity contribution in [2.75, 3.05) is 14.2 Å². The molecule has 0 fully saturated rings. The predicted molar refractivity (Wildman–Crippen MR) is 75.8 cm³/mol. The number of methoxy groups -OCH3 is 2. The van der Waals surface area contributed by atoms with Gasteiger partial charge in [-0.15, -0.1) is 0 Å². The number of carbonyl (C=O) groups is 2. The third-order valence-electron chi connectivity index (χ3n) is 3.12. The lowest BCUT2D eigenvalue weighted by Crippen LogP contribution is -2.26. The second-order valence-electron chi connectivity index (χ2n) is 4.54. The maximum atomic E-state index is 12.0. The zero-order valence-electron chi connectivity index (χ0n) is 12.6. The second kappa shape index (κ2) is 7.52. The summed E-state index contributed by atoms with van der Waals surface area (Å²) in [4.78, 5) is 23.4. The van der Waals surface area contributed by atoms with E-state index in [9.17, 15) is 14.7 Å². The molecule has 1 aromatic rings. The molecule has 0 aliphatic carbocycles. The number of rotatable bonds is 7. The minimum Gasteiger partial charge on any atom is -0.493 e. The van der Waals surface area contributed by atoms with Crippen molar-refractivity contribution in [3.05, 3.63) is 23.8 Å². The van der Waals surface area contributed by atoms with Gasteiger partial charge in [0.2, 0.25) is 0 Å². The third-order valence-corrected chi connectivity index (χ3v) is 3.12. The number of benzene rings is 1. The zero-order chi connectivity index (χ0) is 16.0. The van der Waals surface area contributed by atoms with E-state index in [4.69, 9.17) is 14.2 Å². The molecule has 0 spiro atoms. The molecule has 116 valence electrons. The standard InChI is InChI=1S/C15H20O6/c1-5-9(2)21-15(18)13(14(16)17)10-6-7-11(19-3)12(8-10)20-4/h6-9,13H,5H2,1-4H3,(H,16,17). The van der Waals surface area contributed by atoms with E-state index >= 15 is 0 Å². The molecule has 0 heterocycles. The van der Waals surface area contributed by atoms with E-state index in [1.54, 1.807) is 13.0 Å². The first kappa shape index (κ1) is 16.8. The summed E-state index contributed by atoms with van der Waals surface area (Å²) in [6.45, 7) is 3.57. The van der Waals surface area contributed by atoms with E-state index in [1.165, 1.54) is 26.4 Å². The van der Waals surface area contributed by atoms with Crippen LogP contribution in [0.3, 0.4) is 0 Å². The minimum atomic E-state index is -1.39. The van der Waals surface area contributed by atoms with Gasteiger partial charge in [0, 0.05) is 0 Å². The molecule has 2 unspecified atom stereocenters. The van der Waals surface area contributed by atoms with Crippen LogP contribution in [0.2, 0.25) is 0 Å². The van der Waals surface area contributed by atoms with E-state index in [0.29, 0.717) is 17.9 Å². The van der Waals surface area contributed by atoms with Gasteiger partial charge in [-0.25, -0.2) is 0 Å². The number of hydrogen-bond acceptors (Lipinski definition) is 5. The average Bonchev–Trinajstić information content (AvgIpc) is 2.46. The summed E-state index contributed by atoms with van der Waals surface area (Å²) in [7, 11) is 2.91. The van der Waals surface area contributed by atoms with Crippen molar-refractivity contribution in [2.45, 2.75) is 32.3 Å². The van der Waals surface area contributed by atoms with Gasteiger partial charge < -0.3 is 19.3 Å². The van der Waals surface area contributed by atoms with Crippen molar-refractivity contribution < 1.29 is 28.9 Å². The van der Waals surface area contributed by atoms with E-state index in [1.807, 2.05) is 6.92 Å². The van der Waals surface area contributed by atoms with Crippen LogP contribution in [0.25, 0.3) is 0 Å². The van der Waals surface area contributed by atoms with E-state index in [0.717, 1.165) is 0 Å². The minimum absolute atomic E-state index is 0.286. The number of hydrogen-bond donors (Lipinski definition) is 1. The Hall–Kier alpha value is -2.24. The topological polar surface area (TPSA) is 82.1 Å². The molecule has 0 radical (unpaired) electrons. The number of esters is 1.